The summed E-state index contributed by atoms with van der Waals surface area (Å²) in [7, 11) is 2.05. The summed E-state index contributed by atoms with van der Waals surface area (Å²) < 4.78 is 0. The van der Waals surface area contributed by atoms with Crippen molar-refractivity contribution in [2.75, 3.05) is 11.9 Å². The van der Waals surface area contributed by atoms with Crippen molar-refractivity contribution < 1.29 is 0 Å². The molecule has 0 heterocycles. The third-order valence-electron chi connectivity index (χ3n) is 3.40. The molecule has 0 spiro atoms. The second-order valence-electron chi connectivity index (χ2n) is 4.47. The monoisotopic (exact) mass is 215 g/mol. The SMILES string of the molecule is CN(c1ccccc1C#N)C1CCC(N)C1. The molecular weight excluding hydrogens is 198 g/mol. The molecular formula is C13H17N3. The van der Waals surface area contributed by atoms with Crippen molar-refractivity contribution in [2.45, 2.75) is 31.3 Å². The number of para-hydroxylation sites is 1. The maximum Gasteiger partial charge on any atom is 0.101 e. The van der Waals surface area contributed by atoms with Crippen molar-refractivity contribution in [1.29, 1.82) is 5.26 Å². The summed E-state index contributed by atoms with van der Waals surface area (Å²) in [5, 5.41) is 9.06. The number of rotatable bonds is 2. The van der Waals surface area contributed by atoms with Gasteiger partial charge < -0.3 is 10.6 Å². The maximum absolute atomic E-state index is 9.06. The first kappa shape index (κ1) is 11.0. The minimum Gasteiger partial charge on any atom is -0.370 e. The van der Waals surface area contributed by atoms with E-state index in [9.17, 15) is 0 Å². The normalized spacial score (nSPS) is 24.1. The van der Waals surface area contributed by atoms with E-state index in [1.807, 2.05) is 24.3 Å². The first-order chi connectivity index (χ1) is 7.72. The standard InChI is InChI=1S/C13H17N3/c1-16(12-7-6-11(15)8-12)13-5-3-2-4-10(13)9-14/h2-5,11-12H,6-8,15H2,1H3. The molecule has 1 saturated carbocycles. The van der Waals surface area contributed by atoms with Gasteiger partial charge in [-0.25, -0.2) is 0 Å². The number of benzene rings is 1. The number of hydrogen-bond acceptors (Lipinski definition) is 3. The van der Waals surface area contributed by atoms with Gasteiger partial charge in [0.1, 0.15) is 6.07 Å². The highest BCUT2D eigenvalue weighted by Gasteiger charge is 2.26. The third kappa shape index (κ3) is 2.02. The summed E-state index contributed by atoms with van der Waals surface area (Å²) in [6, 6.07) is 10.8. The minimum atomic E-state index is 0.321. The molecule has 3 nitrogen and oxygen atoms in total. The van der Waals surface area contributed by atoms with Crippen LogP contribution in [0.5, 0.6) is 0 Å². The van der Waals surface area contributed by atoms with E-state index >= 15 is 0 Å². The van der Waals surface area contributed by atoms with Crippen molar-refractivity contribution in [3.63, 3.8) is 0 Å². The van der Waals surface area contributed by atoms with Crippen LogP contribution in [-0.2, 0) is 0 Å². The van der Waals surface area contributed by atoms with Gasteiger partial charge >= 0.3 is 0 Å². The molecule has 0 bridgehead atoms. The smallest absolute Gasteiger partial charge is 0.101 e. The van der Waals surface area contributed by atoms with Gasteiger partial charge in [0.25, 0.3) is 0 Å². The molecule has 2 unspecified atom stereocenters. The van der Waals surface area contributed by atoms with Crippen LogP contribution in [0.2, 0.25) is 0 Å². The second-order valence-corrected chi connectivity index (χ2v) is 4.47. The van der Waals surface area contributed by atoms with E-state index in [0.717, 1.165) is 30.5 Å². The molecule has 0 aromatic heterocycles. The molecule has 3 heteroatoms. The molecule has 2 N–H and O–H groups in total. The summed E-state index contributed by atoms with van der Waals surface area (Å²) in [6.07, 6.45) is 3.23. The van der Waals surface area contributed by atoms with E-state index in [1.54, 1.807) is 0 Å². The lowest BCUT2D eigenvalue weighted by Gasteiger charge is -2.27. The molecule has 1 aromatic carbocycles. The Labute approximate surface area is 96.5 Å². The zero-order valence-electron chi connectivity index (χ0n) is 9.56. The number of nitrogens with zero attached hydrogens (tertiary/aromatic N) is 2. The summed E-state index contributed by atoms with van der Waals surface area (Å²) in [4.78, 5) is 2.20. The summed E-state index contributed by atoms with van der Waals surface area (Å²) >= 11 is 0. The fourth-order valence-electron chi connectivity index (χ4n) is 2.42. The van der Waals surface area contributed by atoms with Crippen LogP contribution in [0.3, 0.4) is 0 Å². The maximum atomic E-state index is 9.06. The molecule has 0 radical (unpaired) electrons. The Morgan fingerprint density at radius 2 is 2.12 bits per heavy atom. The van der Waals surface area contributed by atoms with E-state index in [4.69, 9.17) is 11.0 Å². The van der Waals surface area contributed by atoms with Gasteiger partial charge in [0.05, 0.1) is 11.3 Å². The van der Waals surface area contributed by atoms with Crippen molar-refractivity contribution >= 4 is 5.69 Å². The van der Waals surface area contributed by atoms with Gasteiger partial charge in [-0.3, -0.25) is 0 Å². The second kappa shape index (κ2) is 4.54. The average molecular weight is 215 g/mol. The minimum absolute atomic E-state index is 0.321. The number of hydrogen-bond donors (Lipinski definition) is 1. The van der Waals surface area contributed by atoms with Crippen LogP contribution in [0.15, 0.2) is 24.3 Å². The molecule has 0 saturated heterocycles. The quantitative estimate of drug-likeness (QED) is 0.819. The Morgan fingerprint density at radius 1 is 1.38 bits per heavy atom. The third-order valence-corrected chi connectivity index (χ3v) is 3.40. The van der Waals surface area contributed by atoms with Gasteiger partial charge in [-0.15, -0.1) is 0 Å². The van der Waals surface area contributed by atoms with E-state index in [1.165, 1.54) is 0 Å². The van der Waals surface area contributed by atoms with Crippen molar-refractivity contribution in [3.05, 3.63) is 29.8 Å². The Balaban J connectivity index is 2.21. The lowest BCUT2D eigenvalue weighted by atomic mass is 10.1. The van der Waals surface area contributed by atoms with Gasteiger partial charge in [0.2, 0.25) is 0 Å². The van der Waals surface area contributed by atoms with Gasteiger partial charge in [0, 0.05) is 19.1 Å². The van der Waals surface area contributed by atoms with E-state index in [-0.39, 0.29) is 0 Å². The Hall–Kier alpha value is -1.53. The van der Waals surface area contributed by atoms with Crippen molar-refractivity contribution in [1.82, 2.24) is 0 Å². The molecule has 84 valence electrons. The molecule has 0 amide bonds. The molecule has 1 aliphatic carbocycles. The molecule has 1 fully saturated rings. The molecule has 2 atom stereocenters. The first-order valence-corrected chi connectivity index (χ1v) is 5.70. The largest absolute Gasteiger partial charge is 0.370 e. The topological polar surface area (TPSA) is 53.0 Å². The predicted molar refractivity (Wildman–Crippen MR) is 65.2 cm³/mol. The molecule has 0 aliphatic heterocycles. The average Bonchev–Trinajstić information content (AvgIpc) is 2.75. The fourth-order valence-corrected chi connectivity index (χ4v) is 2.42. The van der Waals surface area contributed by atoms with E-state index < -0.39 is 0 Å². The molecule has 2 rings (SSSR count). The zero-order valence-corrected chi connectivity index (χ0v) is 9.56. The molecule has 1 aromatic rings. The zero-order chi connectivity index (χ0) is 11.5. The van der Waals surface area contributed by atoms with Crippen LogP contribution in [0.1, 0.15) is 24.8 Å². The van der Waals surface area contributed by atoms with Gasteiger partial charge in [-0.1, -0.05) is 12.1 Å². The highest BCUT2D eigenvalue weighted by molar-refractivity contribution is 5.59. The van der Waals surface area contributed by atoms with Crippen molar-refractivity contribution in [2.24, 2.45) is 5.73 Å². The van der Waals surface area contributed by atoms with Crippen LogP contribution >= 0.6 is 0 Å². The number of nitrogens with two attached hydrogens (primary N) is 1. The van der Waals surface area contributed by atoms with Gasteiger partial charge in [-0.05, 0) is 31.4 Å². The van der Waals surface area contributed by atoms with E-state index in [2.05, 4.69) is 18.0 Å². The highest BCUT2D eigenvalue weighted by atomic mass is 15.1. The predicted octanol–water partition coefficient (Wildman–Crippen LogP) is 1.87. The molecule has 1 aliphatic rings. The fraction of sp³-hybridized carbons (Fsp3) is 0.462. The highest BCUT2D eigenvalue weighted by Crippen LogP contribution is 2.28. The lowest BCUT2D eigenvalue weighted by Crippen LogP contribution is -2.31. The Kier molecular flexibility index (Phi) is 3.12. The number of nitriles is 1. The summed E-state index contributed by atoms with van der Waals surface area (Å²) in [6.45, 7) is 0. The van der Waals surface area contributed by atoms with Crippen LogP contribution in [0.25, 0.3) is 0 Å². The first-order valence-electron chi connectivity index (χ1n) is 5.70. The van der Waals surface area contributed by atoms with Crippen LogP contribution in [0.4, 0.5) is 5.69 Å². The van der Waals surface area contributed by atoms with Gasteiger partial charge in [-0.2, -0.15) is 5.26 Å². The van der Waals surface area contributed by atoms with E-state index in [0.29, 0.717) is 12.1 Å². The summed E-state index contributed by atoms with van der Waals surface area (Å²) in [5.74, 6) is 0. The van der Waals surface area contributed by atoms with Crippen LogP contribution in [-0.4, -0.2) is 19.1 Å². The Morgan fingerprint density at radius 3 is 2.75 bits per heavy atom. The summed E-state index contributed by atoms with van der Waals surface area (Å²) in [5.41, 5.74) is 7.68. The lowest BCUT2D eigenvalue weighted by molar-refractivity contribution is 0.632. The van der Waals surface area contributed by atoms with Crippen LogP contribution < -0.4 is 10.6 Å². The van der Waals surface area contributed by atoms with Crippen LogP contribution in [0, 0.1) is 11.3 Å². The Bertz CT molecular complexity index is 408. The number of anilines is 1. The van der Waals surface area contributed by atoms with Crippen molar-refractivity contribution in [3.8, 4) is 6.07 Å². The molecule has 16 heavy (non-hydrogen) atoms. The van der Waals surface area contributed by atoms with Gasteiger partial charge in [0.15, 0.2) is 0 Å².